The van der Waals surface area contributed by atoms with Gasteiger partial charge in [-0.2, -0.15) is 0 Å². The Morgan fingerprint density at radius 1 is 1.38 bits per heavy atom. The molecule has 5 atom stereocenters. The zero-order chi connectivity index (χ0) is 19.0. The Balaban J connectivity index is 2.94. The first-order valence-electron chi connectivity index (χ1n) is 9.29. The lowest BCUT2D eigenvalue weighted by molar-refractivity contribution is -0.139. The molecule has 0 aromatic carbocycles. The van der Waals surface area contributed by atoms with E-state index in [9.17, 15) is 4.39 Å². The van der Waals surface area contributed by atoms with Gasteiger partial charge in [0, 0.05) is 37.9 Å². The van der Waals surface area contributed by atoms with Gasteiger partial charge in [-0.3, -0.25) is 4.67 Å². The van der Waals surface area contributed by atoms with Crippen molar-refractivity contribution in [2.45, 2.75) is 71.5 Å². The van der Waals surface area contributed by atoms with Crippen LogP contribution in [0.5, 0.6) is 0 Å². The van der Waals surface area contributed by atoms with E-state index in [0.29, 0.717) is 25.3 Å². The number of ether oxygens (including phenoxy) is 2. The van der Waals surface area contributed by atoms with E-state index in [1.165, 1.54) is 0 Å². The fourth-order valence-electron chi connectivity index (χ4n) is 3.08. The zero-order valence-electron chi connectivity index (χ0n) is 16.9. The molecule has 1 heterocycles. The topological polar surface area (TPSA) is 51.2 Å². The third-order valence-electron chi connectivity index (χ3n) is 4.22. The summed E-state index contributed by atoms with van der Waals surface area (Å²) in [6.07, 6.45) is -0.703. The average molecular weight is 368 g/mol. The third kappa shape index (κ3) is 6.15. The second-order valence-corrected chi connectivity index (χ2v) is 8.84. The number of hydrogen-bond acceptors (Lipinski definition) is 5. The number of halogens is 1. The van der Waals surface area contributed by atoms with Crippen LogP contribution in [0.15, 0.2) is 0 Å². The van der Waals surface area contributed by atoms with Crippen molar-refractivity contribution in [2.75, 3.05) is 33.1 Å². The normalized spacial score (nSPS) is 30.2. The molecule has 7 heteroatoms. The predicted molar refractivity (Wildman–Crippen MR) is 96.1 cm³/mol. The maximum atomic E-state index is 14.9. The van der Waals surface area contributed by atoms with Gasteiger partial charge < -0.3 is 19.1 Å². The van der Waals surface area contributed by atoms with Crippen LogP contribution in [-0.2, 0) is 14.0 Å². The SMILES string of the molecule is [2H]OCC1OC[C@@H](C)[C@H](F)[C@@H]1OP(CCCOC)N(C(C)C)C(C)C. The minimum atomic E-state index is -1.12. The highest BCUT2D eigenvalue weighted by Gasteiger charge is 2.42. The van der Waals surface area contributed by atoms with Crippen LogP contribution in [0.3, 0.4) is 0 Å². The monoisotopic (exact) mass is 368 g/mol. The summed E-state index contributed by atoms with van der Waals surface area (Å²) in [6, 6.07) is 0.582. The van der Waals surface area contributed by atoms with Gasteiger partial charge in [0.15, 0.2) is 0 Å². The molecule has 24 heavy (non-hydrogen) atoms. The number of alkyl halides is 1. The molecule has 5 nitrogen and oxygen atoms in total. The quantitative estimate of drug-likeness (QED) is 0.448. The van der Waals surface area contributed by atoms with Gasteiger partial charge in [-0.25, -0.2) is 4.39 Å². The second-order valence-electron chi connectivity index (χ2n) is 7.02. The van der Waals surface area contributed by atoms with Crippen molar-refractivity contribution < 1.29 is 23.5 Å². The molecule has 1 N–H and O–H groups in total. The first-order valence-corrected chi connectivity index (χ1v) is 10.3. The van der Waals surface area contributed by atoms with Crippen molar-refractivity contribution >= 4 is 8.30 Å². The summed E-state index contributed by atoms with van der Waals surface area (Å²) in [5.74, 6) is -0.227. The fraction of sp³-hybridized carbons (Fsp3) is 1.00. The van der Waals surface area contributed by atoms with Crippen molar-refractivity contribution in [3.05, 3.63) is 0 Å². The summed E-state index contributed by atoms with van der Waals surface area (Å²) >= 11 is 0. The minimum Gasteiger partial charge on any atom is -0.394 e. The van der Waals surface area contributed by atoms with Gasteiger partial charge in [0.05, 0.1) is 13.2 Å². The highest BCUT2D eigenvalue weighted by molar-refractivity contribution is 7.50. The molecule has 1 aliphatic rings. The molecule has 0 aromatic rings. The average Bonchev–Trinajstić information content (AvgIpc) is 2.53. The number of hydrogen-bond donors (Lipinski definition) is 1. The molecule has 1 aliphatic heterocycles. The lowest BCUT2D eigenvalue weighted by Crippen LogP contribution is -2.50. The van der Waals surface area contributed by atoms with Gasteiger partial charge in [-0.1, -0.05) is 6.92 Å². The molecule has 0 spiro atoms. The number of rotatable bonds is 11. The lowest BCUT2D eigenvalue weighted by atomic mass is 9.95. The lowest BCUT2D eigenvalue weighted by Gasteiger charge is -2.43. The molecule has 2 unspecified atom stereocenters. The minimum absolute atomic E-state index is 0.0163. The summed E-state index contributed by atoms with van der Waals surface area (Å²) in [7, 11) is 0.678. The van der Waals surface area contributed by atoms with Crippen LogP contribution in [-0.4, -0.2) is 74.8 Å². The van der Waals surface area contributed by atoms with Crippen molar-refractivity contribution in [1.29, 1.82) is 1.43 Å². The van der Waals surface area contributed by atoms with Gasteiger partial charge in [0.25, 0.3) is 0 Å². The van der Waals surface area contributed by atoms with Crippen LogP contribution in [0, 0.1) is 5.92 Å². The zero-order valence-corrected chi connectivity index (χ0v) is 16.8. The van der Waals surface area contributed by atoms with Crippen LogP contribution >= 0.6 is 8.30 Å². The Bertz CT molecular complexity index is 360. The first-order chi connectivity index (χ1) is 11.8. The Morgan fingerprint density at radius 3 is 2.58 bits per heavy atom. The molecule has 0 aliphatic carbocycles. The maximum absolute atomic E-state index is 14.9. The van der Waals surface area contributed by atoms with Crippen LogP contribution < -0.4 is 0 Å². The van der Waals surface area contributed by atoms with Crippen molar-refractivity contribution in [3.8, 4) is 0 Å². The molecular weight excluding hydrogens is 332 g/mol. The van der Waals surface area contributed by atoms with Crippen molar-refractivity contribution in [2.24, 2.45) is 5.92 Å². The molecule has 1 fully saturated rings. The molecule has 0 saturated carbocycles. The Morgan fingerprint density at radius 2 is 2.04 bits per heavy atom. The van der Waals surface area contributed by atoms with E-state index in [-0.39, 0.29) is 12.5 Å². The van der Waals surface area contributed by atoms with E-state index in [1.54, 1.807) is 7.11 Å². The molecule has 1 rings (SSSR count). The Kier molecular flexibility index (Phi) is 9.38. The van der Waals surface area contributed by atoms with Gasteiger partial charge in [-0.05, 0) is 34.1 Å². The van der Waals surface area contributed by atoms with Crippen molar-refractivity contribution in [1.82, 2.24) is 4.67 Å². The molecular formula is C17H35FNO4P. The van der Waals surface area contributed by atoms with Gasteiger partial charge >= 0.3 is 0 Å². The molecule has 0 aromatic heterocycles. The largest absolute Gasteiger partial charge is 0.394 e. The molecule has 0 amide bonds. The van der Waals surface area contributed by atoms with E-state index in [4.69, 9.17) is 15.4 Å². The van der Waals surface area contributed by atoms with E-state index >= 15 is 0 Å². The van der Waals surface area contributed by atoms with E-state index in [2.05, 4.69) is 37.5 Å². The third-order valence-corrected chi connectivity index (χ3v) is 6.84. The maximum Gasteiger partial charge on any atom is 0.210 e. The summed E-state index contributed by atoms with van der Waals surface area (Å²) in [5.41, 5.74) is 0. The van der Waals surface area contributed by atoms with Crippen LogP contribution in [0.1, 0.15) is 41.0 Å². The Labute approximate surface area is 149 Å². The van der Waals surface area contributed by atoms with E-state index in [0.717, 1.165) is 12.6 Å². The fourth-order valence-corrected chi connectivity index (χ4v) is 5.49. The smallest absolute Gasteiger partial charge is 0.210 e. The van der Waals surface area contributed by atoms with Crippen LogP contribution in [0.4, 0.5) is 4.39 Å². The van der Waals surface area contributed by atoms with Gasteiger partial charge in [0.2, 0.25) is 1.43 Å². The second kappa shape index (κ2) is 11.0. The molecule has 1 saturated heterocycles. The molecule has 0 bridgehead atoms. The Hall–Kier alpha value is 0.160. The molecule has 0 radical (unpaired) electrons. The number of methoxy groups -OCH3 is 1. The van der Waals surface area contributed by atoms with Gasteiger partial charge in [-0.15, -0.1) is 0 Å². The summed E-state index contributed by atoms with van der Waals surface area (Å²) < 4.78 is 41.4. The highest BCUT2D eigenvalue weighted by Crippen LogP contribution is 2.48. The van der Waals surface area contributed by atoms with Crippen LogP contribution in [0.2, 0.25) is 0 Å². The van der Waals surface area contributed by atoms with E-state index < -0.39 is 26.7 Å². The first kappa shape index (κ1) is 20.5. The van der Waals surface area contributed by atoms with Gasteiger partial charge in [0.1, 0.15) is 26.7 Å². The van der Waals surface area contributed by atoms with Crippen molar-refractivity contribution in [3.63, 3.8) is 0 Å². The standard InChI is InChI=1S/C17H35FNO4P/c1-12(2)19(13(3)4)24(9-7-8-21-6)23-17-15(10-20)22-11-14(5)16(17)18/h12-17,20H,7-11H2,1-6H3/t14-,15?,16+,17-,24?/m1/s1/i20D. The highest BCUT2D eigenvalue weighted by atomic mass is 31.2. The predicted octanol–water partition coefficient (Wildman–Crippen LogP) is 3.20. The summed E-state index contributed by atoms with van der Waals surface area (Å²) in [4.78, 5) is 0. The number of nitrogens with zero attached hydrogens (tertiary/aromatic N) is 1. The molecule has 144 valence electrons. The van der Waals surface area contributed by atoms with E-state index in [1.807, 2.05) is 6.92 Å². The summed E-state index contributed by atoms with van der Waals surface area (Å²) in [6.45, 7) is 11.4. The number of aliphatic hydroxyl groups is 1. The van der Waals surface area contributed by atoms with Crippen LogP contribution in [0.25, 0.3) is 0 Å². The number of aliphatic hydroxyl groups excluding tert-OH is 1. The summed E-state index contributed by atoms with van der Waals surface area (Å²) in [5, 5.41) is 4.48.